The van der Waals surface area contributed by atoms with Gasteiger partial charge in [-0.3, -0.25) is 4.79 Å². The molecule has 17 heavy (non-hydrogen) atoms. The molecule has 0 aromatic rings. The van der Waals surface area contributed by atoms with E-state index in [1.807, 2.05) is 6.92 Å². The molecular formula is C9H18N2O4S2. The monoisotopic (exact) mass is 282 g/mol. The van der Waals surface area contributed by atoms with Crippen LogP contribution in [0.15, 0.2) is 0 Å². The molecular weight excluding hydrogens is 264 g/mol. The van der Waals surface area contributed by atoms with Gasteiger partial charge in [-0.2, -0.15) is 24.5 Å². The van der Waals surface area contributed by atoms with E-state index in [9.17, 15) is 13.2 Å². The van der Waals surface area contributed by atoms with E-state index in [4.69, 9.17) is 5.11 Å². The summed E-state index contributed by atoms with van der Waals surface area (Å²) in [4.78, 5) is 10.7. The van der Waals surface area contributed by atoms with E-state index in [0.717, 1.165) is 0 Å². The Labute approximate surface area is 106 Å². The molecule has 0 aliphatic carbocycles. The number of hydrogen-bond donors (Lipinski definition) is 2. The van der Waals surface area contributed by atoms with Gasteiger partial charge in [-0.25, -0.2) is 4.72 Å². The van der Waals surface area contributed by atoms with E-state index in [-0.39, 0.29) is 6.42 Å². The fourth-order valence-corrected chi connectivity index (χ4v) is 4.41. The van der Waals surface area contributed by atoms with Crippen molar-refractivity contribution in [3.63, 3.8) is 0 Å². The third-order valence-electron chi connectivity index (χ3n) is 2.43. The maximum Gasteiger partial charge on any atom is 0.305 e. The maximum absolute atomic E-state index is 11.9. The van der Waals surface area contributed by atoms with Crippen molar-refractivity contribution in [3.05, 3.63) is 0 Å². The maximum atomic E-state index is 11.9. The summed E-state index contributed by atoms with van der Waals surface area (Å²) in [5.41, 5.74) is 0. The third-order valence-corrected chi connectivity index (χ3v) is 5.19. The van der Waals surface area contributed by atoms with Crippen molar-refractivity contribution in [2.75, 3.05) is 24.6 Å². The number of hydrogen-bond acceptors (Lipinski definition) is 4. The molecule has 0 radical (unpaired) electrons. The molecule has 0 saturated carbocycles. The van der Waals surface area contributed by atoms with Gasteiger partial charge >= 0.3 is 5.97 Å². The Morgan fingerprint density at radius 1 is 1.59 bits per heavy atom. The molecule has 0 spiro atoms. The summed E-state index contributed by atoms with van der Waals surface area (Å²) in [6.45, 7) is 2.64. The van der Waals surface area contributed by atoms with Gasteiger partial charge < -0.3 is 5.11 Å². The normalized spacial score (nSPS) is 22.5. The summed E-state index contributed by atoms with van der Waals surface area (Å²) in [7, 11) is -3.53. The van der Waals surface area contributed by atoms with Crippen LogP contribution in [-0.4, -0.2) is 54.4 Å². The van der Waals surface area contributed by atoms with Crippen molar-refractivity contribution in [2.24, 2.45) is 0 Å². The Kier molecular flexibility index (Phi) is 5.71. The summed E-state index contributed by atoms with van der Waals surface area (Å²) in [5, 5.41) is 8.77. The molecule has 8 heteroatoms. The Morgan fingerprint density at radius 2 is 2.29 bits per heavy atom. The Morgan fingerprint density at radius 3 is 2.88 bits per heavy atom. The van der Waals surface area contributed by atoms with Crippen LogP contribution >= 0.6 is 11.8 Å². The van der Waals surface area contributed by atoms with Crippen molar-refractivity contribution in [1.29, 1.82) is 0 Å². The van der Waals surface area contributed by atoms with Crippen LogP contribution in [0, 0.1) is 0 Å². The number of nitrogens with one attached hydrogen (secondary N) is 1. The van der Waals surface area contributed by atoms with Crippen LogP contribution < -0.4 is 4.72 Å². The van der Waals surface area contributed by atoms with Gasteiger partial charge in [-0.15, -0.1) is 0 Å². The molecule has 0 aromatic carbocycles. The van der Waals surface area contributed by atoms with Gasteiger partial charge in [0, 0.05) is 30.6 Å². The molecule has 1 heterocycles. The van der Waals surface area contributed by atoms with E-state index in [0.29, 0.717) is 31.0 Å². The fourth-order valence-electron chi connectivity index (χ4n) is 1.63. The lowest BCUT2D eigenvalue weighted by atomic mass is 10.2. The quantitative estimate of drug-likeness (QED) is 0.723. The molecule has 0 aromatic heterocycles. The molecule has 0 bridgehead atoms. The van der Waals surface area contributed by atoms with Gasteiger partial charge in [0.05, 0.1) is 6.42 Å². The molecule has 1 fully saturated rings. The van der Waals surface area contributed by atoms with Crippen molar-refractivity contribution in [2.45, 2.75) is 25.8 Å². The molecule has 1 rings (SSSR count). The number of carbonyl (C=O) groups is 1. The molecule has 1 unspecified atom stereocenters. The topological polar surface area (TPSA) is 86.7 Å². The molecule has 0 amide bonds. The zero-order valence-corrected chi connectivity index (χ0v) is 11.4. The lowest BCUT2D eigenvalue weighted by Crippen LogP contribution is -2.51. The number of carboxylic acids is 1. The molecule has 6 nitrogen and oxygen atoms in total. The first-order chi connectivity index (χ1) is 7.97. The van der Waals surface area contributed by atoms with E-state index in [1.165, 1.54) is 4.31 Å². The lowest BCUT2D eigenvalue weighted by Gasteiger charge is -2.33. The highest BCUT2D eigenvalue weighted by Crippen LogP contribution is 2.21. The number of rotatable bonds is 6. The SMILES string of the molecule is CCCNS(=O)(=O)N1CCSCC1CC(=O)O. The van der Waals surface area contributed by atoms with Crippen LogP contribution in [-0.2, 0) is 15.0 Å². The van der Waals surface area contributed by atoms with Crippen LogP contribution in [0.2, 0.25) is 0 Å². The van der Waals surface area contributed by atoms with Crippen molar-refractivity contribution in [1.82, 2.24) is 9.03 Å². The zero-order valence-electron chi connectivity index (χ0n) is 9.76. The highest BCUT2D eigenvalue weighted by molar-refractivity contribution is 7.99. The van der Waals surface area contributed by atoms with Crippen LogP contribution in [0.4, 0.5) is 0 Å². The standard InChI is InChI=1S/C9H18N2O4S2/c1-2-3-10-17(14,15)11-4-5-16-7-8(11)6-9(12)13/h8,10H,2-7H2,1H3,(H,12,13). The second kappa shape index (κ2) is 6.58. The van der Waals surface area contributed by atoms with Crippen LogP contribution in [0.25, 0.3) is 0 Å². The summed E-state index contributed by atoms with van der Waals surface area (Å²) >= 11 is 1.59. The summed E-state index contributed by atoms with van der Waals surface area (Å²) in [6.07, 6.45) is 0.575. The second-order valence-corrected chi connectivity index (χ2v) is 6.69. The van der Waals surface area contributed by atoms with Gasteiger partial charge in [0.2, 0.25) is 0 Å². The van der Waals surface area contributed by atoms with Gasteiger partial charge in [0.15, 0.2) is 0 Å². The molecule has 2 N–H and O–H groups in total. The van der Waals surface area contributed by atoms with Crippen molar-refractivity contribution < 1.29 is 18.3 Å². The molecule has 1 atom stereocenters. The average molecular weight is 282 g/mol. The highest BCUT2D eigenvalue weighted by Gasteiger charge is 2.33. The van der Waals surface area contributed by atoms with Crippen molar-refractivity contribution >= 4 is 27.9 Å². The minimum atomic E-state index is -3.53. The van der Waals surface area contributed by atoms with Crippen LogP contribution in [0.5, 0.6) is 0 Å². The predicted octanol–water partition coefficient (Wildman–Crippen LogP) is 0.123. The molecule has 100 valence electrons. The highest BCUT2D eigenvalue weighted by atomic mass is 32.2. The smallest absolute Gasteiger partial charge is 0.305 e. The van der Waals surface area contributed by atoms with E-state index in [1.54, 1.807) is 11.8 Å². The minimum absolute atomic E-state index is 0.139. The zero-order chi connectivity index (χ0) is 12.9. The first-order valence-corrected chi connectivity index (χ1v) is 8.13. The Balaban J connectivity index is 2.72. The van der Waals surface area contributed by atoms with Gasteiger partial charge in [0.25, 0.3) is 10.2 Å². The Hall–Kier alpha value is -0.310. The van der Waals surface area contributed by atoms with E-state index in [2.05, 4.69) is 4.72 Å². The summed E-state index contributed by atoms with van der Waals surface area (Å²) < 4.78 is 27.7. The third kappa shape index (κ3) is 4.46. The summed E-state index contributed by atoms with van der Waals surface area (Å²) in [6, 6.07) is -0.444. The average Bonchev–Trinajstić information content (AvgIpc) is 2.26. The first-order valence-electron chi connectivity index (χ1n) is 5.53. The van der Waals surface area contributed by atoms with Crippen LogP contribution in [0.1, 0.15) is 19.8 Å². The molecule has 1 aliphatic rings. The van der Waals surface area contributed by atoms with Gasteiger partial charge in [0.1, 0.15) is 0 Å². The number of aliphatic carboxylic acids is 1. The first kappa shape index (κ1) is 14.7. The summed E-state index contributed by atoms with van der Waals surface area (Å²) in [5.74, 6) is 0.288. The number of nitrogens with zero attached hydrogens (tertiary/aromatic N) is 1. The van der Waals surface area contributed by atoms with E-state index < -0.39 is 22.2 Å². The van der Waals surface area contributed by atoms with Gasteiger partial charge in [-0.05, 0) is 6.42 Å². The number of thioether (sulfide) groups is 1. The Bertz CT molecular complexity index is 358. The van der Waals surface area contributed by atoms with E-state index >= 15 is 0 Å². The fraction of sp³-hybridized carbons (Fsp3) is 0.889. The predicted molar refractivity (Wildman–Crippen MR) is 67.3 cm³/mol. The largest absolute Gasteiger partial charge is 0.481 e. The second-order valence-electron chi connectivity index (χ2n) is 3.84. The minimum Gasteiger partial charge on any atom is -0.481 e. The molecule has 1 saturated heterocycles. The van der Waals surface area contributed by atoms with Gasteiger partial charge in [-0.1, -0.05) is 6.92 Å². The van der Waals surface area contributed by atoms with Crippen molar-refractivity contribution in [3.8, 4) is 0 Å². The van der Waals surface area contributed by atoms with Crippen LogP contribution in [0.3, 0.4) is 0 Å². The molecule has 1 aliphatic heterocycles. The number of carboxylic acid groups (broad SMARTS) is 1. The lowest BCUT2D eigenvalue weighted by molar-refractivity contribution is -0.137.